The average Bonchev–Trinajstić information content (AvgIpc) is 2.34. The Labute approximate surface area is 126 Å². The predicted octanol–water partition coefficient (Wildman–Crippen LogP) is 5.02. The van der Waals surface area contributed by atoms with Gasteiger partial charge in [0, 0.05) is 16.5 Å². The molecule has 0 saturated carbocycles. The van der Waals surface area contributed by atoms with Crippen LogP contribution in [-0.4, -0.2) is 9.97 Å². The molecule has 0 aliphatic carbocycles. The molecule has 1 heterocycles. The molecule has 0 spiro atoms. The molecule has 2 aromatic rings. The van der Waals surface area contributed by atoms with Crippen molar-refractivity contribution in [2.24, 2.45) is 0 Å². The van der Waals surface area contributed by atoms with Gasteiger partial charge in [-0.15, -0.1) is 0 Å². The third-order valence-electron chi connectivity index (χ3n) is 3.41. The predicted molar refractivity (Wildman–Crippen MR) is 85.4 cm³/mol. The highest BCUT2D eigenvalue weighted by molar-refractivity contribution is 6.30. The molecule has 0 radical (unpaired) electrons. The molecule has 0 unspecified atom stereocenters. The lowest BCUT2D eigenvalue weighted by Gasteiger charge is -2.19. The molecular weight excluding hydrogens is 268 g/mol. The number of nitrogens with zero attached hydrogens (tertiary/aromatic N) is 2. The average molecular weight is 289 g/mol. The van der Waals surface area contributed by atoms with Crippen molar-refractivity contribution in [3.05, 3.63) is 45.9 Å². The van der Waals surface area contributed by atoms with E-state index in [4.69, 9.17) is 16.6 Å². The van der Waals surface area contributed by atoms with Crippen LogP contribution in [0.1, 0.15) is 43.3 Å². The third kappa shape index (κ3) is 2.85. The van der Waals surface area contributed by atoms with Crippen LogP contribution in [-0.2, 0) is 5.41 Å². The molecule has 2 rings (SSSR count). The lowest BCUT2D eigenvalue weighted by atomic mass is 9.94. The van der Waals surface area contributed by atoms with Crippen molar-refractivity contribution in [1.29, 1.82) is 0 Å². The number of halogens is 1. The Morgan fingerprint density at radius 3 is 2.25 bits per heavy atom. The van der Waals surface area contributed by atoms with Gasteiger partial charge in [0.15, 0.2) is 0 Å². The fraction of sp³-hybridized carbons (Fsp3) is 0.412. The molecule has 0 bridgehead atoms. The van der Waals surface area contributed by atoms with E-state index in [1.165, 1.54) is 11.1 Å². The van der Waals surface area contributed by atoms with E-state index in [9.17, 15) is 0 Å². The van der Waals surface area contributed by atoms with Crippen LogP contribution < -0.4 is 0 Å². The summed E-state index contributed by atoms with van der Waals surface area (Å²) in [4.78, 5) is 9.22. The molecule has 0 amide bonds. The second-order valence-corrected chi connectivity index (χ2v) is 6.74. The molecule has 0 fully saturated rings. The van der Waals surface area contributed by atoms with Gasteiger partial charge in [-0.25, -0.2) is 9.97 Å². The summed E-state index contributed by atoms with van der Waals surface area (Å²) in [5.41, 5.74) is 5.32. The zero-order valence-electron chi connectivity index (χ0n) is 13.0. The number of rotatable bonds is 1. The van der Waals surface area contributed by atoms with Gasteiger partial charge < -0.3 is 0 Å². The Balaban J connectivity index is 2.73. The van der Waals surface area contributed by atoms with E-state index in [0.717, 1.165) is 22.6 Å². The molecular formula is C17H21ClN2. The van der Waals surface area contributed by atoms with Crippen LogP contribution in [0.5, 0.6) is 0 Å². The Morgan fingerprint density at radius 1 is 1.00 bits per heavy atom. The summed E-state index contributed by atoms with van der Waals surface area (Å²) in [5.74, 6) is 0.781. The van der Waals surface area contributed by atoms with Gasteiger partial charge in [-0.2, -0.15) is 0 Å². The SMILES string of the molecule is Cc1ccc(C)c(-c2nc(C(C)(C)C)nc(Cl)c2C)c1. The zero-order valence-corrected chi connectivity index (χ0v) is 13.8. The van der Waals surface area contributed by atoms with Crippen LogP contribution in [0.25, 0.3) is 11.3 Å². The largest absolute Gasteiger partial charge is 0.232 e. The highest BCUT2D eigenvalue weighted by atomic mass is 35.5. The van der Waals surface area contributed by atoms with Crippen LogP contribution >= 0.6 is 11.6 Å². The summed E-state index contributed by atoms with van der Waals surface area (Å²) in [6.07, 6.45) is 0. The quantitative estimate of drug-likeness (QED) is 0.689. The van der Waals surface area contributed by atoms with Crippen LogP contribution in [0.4, 0.5) is 0 Å². The Morgan fingerprint density at radius 2 is 1.65 bits per heavy atom. The molecule has 1 aromatic heterocycles. The van der Waals surface area contributed by atoms with Crippen molar-refractivity contribution in [3.8, 4) is 11.3 Å². The van der Waals surface area contributed by atoms with Crippen molar-refractivity contribution in [2.45, 2.75) is 47.0 Å². The highest BCUT2D eigenvalue weighted by Crippen LogP contribution is 2.31. The van der Waals surface area contributed by atoms with Gasteiger partial charge >= 0.3 is 0 Å². The van der Waals surface area contributed by atoms with Crippen LogP contribution in [0.15, 0.2) is 18.2 Å². The molecule has 0 aliphatic rings. The second kappa shape index (κ2) is 5.17. The number of aromatic nitrogens is 2. The maximum Gasteiger partial charge on any atom is 0.136 e. The Bertz CT molecular complexity index is 655. The molecule has 3 heteroatoms. The third-order valence-corrected chi connectivity index (χ3v) is 3.77. The zero-order chi connectivity index (χ0) is 15.1. The maximum atomic E-state index is 6.32. The first-order chi connectivity index (χ1) is 9.20. The lowest BCUT2D eigenvalue weighted by molar-refractivity contribution is 0.545. The van der Waals surface area contributed by atoms with E-state index < -0.39 is 0 Å². The molecule has 0 aliphatic heterocycles. The molecule has 106 valence electrons. The molecule has 0 atom stereocenters. The van der Waals surface area contributed by atoms with Crippen LogP contribution in [0, 0.1) is 20.8 Å². The minimum Gasteiger partial charge on any atom is -0.232 e. The normalized spacial score (nSPS) is 11.8. The maximum absolute atomic E-state index is 6.32. The van der Waals surface area contributed by atoms with Gasteiger partial charge in [0.1, 0.15) is 11.0 Å². The summed E-state index contributed by atoms with van der Waals surface area (Å²) < 4.78 is 0. The summed E-state index contributed by atoms with van der Waals surface area (Å²) in [5, 5.41) is 0.542. The van der Waals surface area contributed by atoms with Gasteiger partial charge in [-0.3, -0.25) is 0 Å². The van der Waals surface area contributed by atoms with Crippen molar-refractivity contribution in [2.75, 3.05) is 0 Å². The summed E-state index contributed by atoms with van der Waals surface area (Å²) in [6, 6.07) is 6.39. The van der Waals surface area contributed by atoms with Gasteiger partial charge in [0.25, 0.3) is 0 Å². The van der Waals surface area contributed by atoms with Gasteiger partial charge in [-0.05, 0) is 32.4 Å². The van der Waals surface area contributed by atoms with Gasteiger partial charge in [0.2, 0.25) is 0 Å². The standard InChI is InChI=1S/C17H21ClN2/c1-10-7-8-11(2)13(9-10)14-12(3)15(18)20-16(19-14)17(4,5)6/h7-9H,1-6H3. The monoisotopic (exact) mass is 288 g/mol. The first-order valence-corrected chi connectivity index (χ1v) is 7.20. The fourth-order valence-electron chi connectivity index (χ4n) is 2.08. The topological polar surface area (TPSA) is 25.8 Å². The van der Waals surface area contributed by atoms with E-state index in [1.807, 2.05) is 6.92 Å². The minimum absolute atomic E-state index is 0.121. The van der Waals surface area contributed by atoms with E-state index >= 15 is 0 Å². The molecule has 0 saturated heterocycles. The summed E-state index contributed by atoms with van der Waals surface area (Å²) in [7, 11) is 0. The number of hydrogen-bond donors (Lipinski definition) is 0. The van der Waals surface area contributed by atoms with E-state index in [-0.39, 0.29) is 5.41 Å². The number of hydrogen-bond acceptors (Lipinski definition) is 2. The van der Waals surface area contributed by atoms with Crippen LogP contribution in [0.2, 0.25) is 5.15 Å². The van der Waals surface area contributed by atoms with Crippen LogP contribution in [0.3, 0.4) is 0 Å². The summed E-state index contributed by atoms with van der Waals surface area (Å²) >= 11 is 6.32. The highest BCUT2D eigenvalue weighted by Gasteiger charge is 2.21. The number of benzene rings is 1. The summed E-state index contributed by atoms with van der Waals surface area (Å²) in [6.45, 7) is 12.5. The van der Waals surface area contributed by atoms with Crippen molar-refractivity contribution in [1.82, 2.24) is 9.97 Å². The van der Waals surface area contributed by atoms with E-state index in [2.05, 4.69) is 57.8 Å². The molecule has 20 heavy (non-hydrogen) atoms. The van der Waals surface area contributed by atoms with Crippen molar-refractivity contribution >= 4 is 11.6 Å². The first-order valence-electron chi connectivity index (χ1n) is 6.82. The number of aryl methyl sites for hydroxylation is 2. The van der Waals surface area contributed by atoms with Crippen molar-refractivity contribution in [3.63, 3.8) is 0 Å². The second-order valence-electron chi connectivity index (χ2n) is 6.38. The van der Waals surface area contributed by atoms with E-state index in [0.29, 0.717) is 5.15 Å². The Kier molecular flexibility index (Phi) is 3.88. The van der Waals surface area contributed by atoms with Gasteiger partial charge in [0.05, 0.1) is 5.69 Å². The first kappa shape index (κ1) is 15.0. The smallest absolute Gasteiger partial charge is 0.136 e. The Hall–Kier alpha value is -1.41. The minimum atomic E-state index is -0.121. The van der Waals surface area contributed by atoms with Crippen molar-refractivity contribution < 1.29 is 0 Å². The molecule has 0 N–H and O–H groups in total. The lowest BCUT2D eigenvalue weighted by Crippen LogP contribution is -2.17. The van der Waals surface area contributed by atoms with Gasteiger partial charge in [-0.1, -0.05) is 50.1 Å². The van der Waals surface area contributed by atoms with E-state index in [1.54, 1.807) is 0 Å². The fourth-order valence-corrected chi connectivity index (χ4v) is 2.25. The molecule has 2 nitrogen and oxygen atoms in total. The molecule has 1 aromatic carbocycles.